The van der Waals surface area contributed by atoms with Crippen LogP contribution in [0.3, 0.4) is 0 Å². The van der Waals surface area contributed by atoms with Crippen LogP contribution in [0, 0.1) is 5.82 Å². The van der Waals surface area contributed by atoms with Crippen LogP contribution in [0.5, 0.6) is 11.5 Å². The highest BCUT2D eigenvalue weighted by molar-refractivity contribution is 6.46. The number of halogens is 1. The van der Waals surface area contributed by atoms with E-state index in [4.69, 9.17) is 9.47 Å². The summed E-state index contributed by atoms with van der Waals surface area (Å²) < 4.78 is 24.4. The van der Waals surface area contributed by atoms with Crippen molar-refractivity contribution in [3.8, 4) is 11.5 Å². The van der Waals surface area contributed by atoms with E-state index in [0.29, 0.717) is 28.4 Å². The van der Waals surface area contributed by atoms with Crippen LogP contribution in [-0.4, -0.2) is 25.0 Å². The van der Waals surface area contributed by atoms with E-state index in [1.54, 1.807) is 55.6 Å². The molecule has 3 aromatic rings. The fourth-order valence-electron chi connectivity index (χ4n) is 3.56. The molecule has 0 saturated carbocycles. The molecule has 1 heterocycles. The van der Waals surface area contributed by atoms with Gasteiger partial charge < -0.3 is 14.8 Å². The lowest BCUT2D eigenvalue weighted by Gasteiger charge is -2.17. The van der Waals surface area contributed by atoms with Crippen molar-refractivity contribution in [3.63, 3.8) is 0 Å². The number of nitrogens with one attached hydrogen (secondary N) is 1. The second-order valence-electron chi connectivity index (χ2n) is 7.72. The monoisotopic (exact) mass is 446 g/mol. The molecule has 0 radical (unpaired) electrons. The quantitative estimate of drug-likeness (QED) is 0.517. The predicted molar refractivity (Wildman–Crippen MR) is 125 cm³/mol. The van der Waals surface area contributed by atoms with Gasteiger partial charge in [-0.2, -0.15) is 0 Å². The van der Waals surface area contributed by atoms with Gasteiger partial charge in [0.1, 0.15) is 23.0 Å². The fraction of sp³-hybridized carbons (Fsp3) is 0.154. The minimum atomic E-state index is -0.514. The van der Waals surface area contributed by atoms with Crippen molar-refractivity contribution < 1.29 is 23.5 Å². The molecule has 0 bridgehead atoms. The second-order valence-corrected chi connectivity index (χ2v) is 7.72. The topological polar surface area (TPSA) is 67.9 Å². The van der Waals surface area contributed by atoms with Gasteiger partial charge in [0, 0.05) is 11.8 Å². The summed E-state index contributed by atoms with van der Waals surface area (Å²) >= 11 is 0. The number of carbonyl (C=O) groups excluding carboxylic acids is 2. The number of amides is 2. The summed E-state index contributed by atoms with van der Waals surface area (Å²) in [6.45, 7) is 3.83. The Hall–Kier alpha value is -4.13. The molecule has 1 N–H and O–H groups in total. The van der Waals surface area contributed by atoms with Gasteiger partial charge in [0.05, 0.1) is 24.5 Å². The molecule has 0 aliphatic carbocycles. The van der Waals surface area contributed by atoms with Gasteiger partial charge in [0.2, 0.25) is 0 Å². The minimum absolute atomic E-state index is 0.00341. The van der Waals surface area contributed by atoms with Crippen molar-refractivity contribution in [1.82, 2.24) is 0 Å². The first kappa shape index (κ1) is 22.1. The van der Waals surface area contributed by atoms with Crippen LogP contribution in [0.4, 0.5) is 15.8 Å². The fourth-order valence-corrected chi connectivity index (χ4v) is 3.56. The highest BCUT2D eigenvalue weighted by Gasteiger charge is 2.40. The number of nitrogens with zero attached hydrogens (tertiary/aromatic N) is 1. The number of ether oxygens (including phenoxy) is 2. The first-order valence-electron chi connectivity index (χ1n) is 10.4. The number of benzene rings is 3. The first-order chi connectivity index (χ1) is 15.9. The third-order valence-corrected chi connectivity index (χ3v) is 5.02. The van der Waals surface area contributed by atoms with E-state index in [-0.39, 0.29) is 17.4 Å². The third-order valence-electron chi connectivity index (χ3n) is 5.02. The summed E-state index contributed by atoms with van der Waals surface area (Å²) in [4.78, 5) is 28.0. The van der Waals surface area contributed by atoms with E-state index in [0.717, 1.165) is 4.90 Å². The molecule has 0 saturated heterocycles. The van der Waals surface area contributed by atoms with Crippen LogP contribution in [-0.2, 0) is 9.59 Å². The van der Waals surface area contributed by atoms with Crippen LogP contribution < -0.4 is 19.7 Å². The van der Waals surface area contributed by atoms with Gasteiger partial charge in [-0.25, -0.2) is 9.29 Å². The zero-order chi connectivity index (χ0) is 23.5. The molecule has 7 heteroatoms. The Kier molecular flexibility index (Phi) is 6.13. The van der Waals surface area contributed by atoms with Crippen molar-refractivity contribution in [2.24, 2.45) is 0 Å². The molecule has 6 nitrogen and oxygen atoms in total. The number of carbonyl (C=O) groups is 2. The minimum Gasteiger partial charge on any atom is -0.497 e. The molecule has 0 unspecified atom stereocenters. The normalized spacial score (nSPS) is 13.7. The third kappa shape index (κ3) is 4.57. The van der Waals surface area contributed by atoms with Gasteiger partial charge in [0.15, 0.2) is 0 Å². The summed E-state index contributed by atoms with van der Waals surface area (Å²) in [7, 11) is 1.54. The van der Waals surface area contributed by atoms with Crippen LogP contribution in [0.1, 0.15) is 19.4 Å². The molecule has 33 heavy (non-hydrogen) atoms. The molecule has 3 aromatic carbocycles. The average Bonchev–Trinajstić information content (AvgIpc) is 3.04. The molecule has 4 rings (SSSR count). The Morgan fingerprint density at radius 1 is 0.879 bits per heavy atom. The number of methoxy groups -OCH3 is 1. The SMILES string of the molecule is COc1cccc(NC2=C(c3ccc(F)cc3)C(=O)N(c3ccc(OC(C)C)cc3)C2=O)c1. The molecule has 0 aromatic heterocycles. The van der Waals surface area contributed by atoms with E-state index in [9.17, 15) is 14.0 Å². The summed E-state index contributed by atoms with van der Waals surface area (Å²) in [5.74, 6) is -0.224. The summed E-state index contributed by atoms with van der Waals surface area (Å²) in [6, 6.07) is 19.2. The zero-order valence-electron chi connectivity index (χ0n) is 18.5. The van der Waals surface area contributed by atoms with E-state index in [2.05, 4.69) is 5.32 Å². The predicted octanol–water partition coefficient (Wildman–Crippen LogP) is 5.02. The van der Waals surface area contributed by atoms with Crippen LogP contribution in [0.15, 0.2) is 78.5 Å². The zero-order valence-corrected chi connectivity index (χ0v) is 18.5. The van der Waals surface area contributed by atoms with E-state index in [1.165, 1.54) is 24.3 Å². The molecule has 168 valence electrons. The number of hydrogen-bond donors (Lipinski definition) is 1. The van der Waals surface area contributed by atoms with E-state index >= 15 is 0 Å². The Morgan fingerprint density at radius 3 is 2.21 bits per heavy atom. The van der Waals surface area contributed by atoms with Crippen molar-refractivity contribution in [2.75, 3.05) is 17.3 Å². The average molecular weight is 446 g/mol. The highest BCUT2D eigenvalue weighted by Crippen LogP contribution is 2.35. The maximum absolute atomic E-state index is 13.5. The van der Waals surface area contributed by atoms with Crippen molar-refractivity contribution in [3.05, 3.63) is 89.9 Å². The standard InChI is InChI=1S/C26H23FN2O4/c1-16(2)33-21-13-11-20(12-14-21)29-25(30)23(17-7-9-18(27)10-8-17)24(26(29)31)28-19-5-4-6-22(15-19)32-3/h4-16,28H,1-3H3. The lowest BCUT2D eigenvalue weighted by atomic mass is 10.0. The number of hydrogen-bond acceptors (Lipinski definition) is 5. The van der Waals surface area contributed by atoms with Gasteiger partial charge in [-0.15, -0.1) is 0 Å². The van der Waals surface area contributed by atoms with Crippen LogP contribution in [0.25, 0.3) is 5.57 Å². The Balaban J connectivity index is 1.74. The smallest absolute Gasteiger partial charge is 0.282 e. The Bertz CT molecular complexity index is 1220. The van der Waals surface area contributed by atoms with Crippen LogP contribution >= 0.6 is 0 Å². The highest BCUT2D eigenvalue weighted by atomic mass is 19.1. The second kappa shape index (κ2) is 9.16. The van der Waals surface area contributed by atoms with Crippen molar-refractivity contribution in [1.29, 1.82) is 0 Å². The molecule has 0 atom stereocenters. The lowest BCUT2D eigenvalue weighted by Crippen LogP contribution is -2.32. The van der Waals surface area contributed by atoms with Gasteiger partial charge in [-0.05, 0) is 67.9 Å². The maximum atomic E-state index is 13.5. The maximum Gasteiger partial charge on any atom is 0.282 e. The summed E-state index contributed by atoms with van der Waals surface area (Å²) in [5, 5.41) is 3.07. The molecule has 1 aliphatic heterocycles. The summed E-state index contributed by atoms with van der Waals surface area (Å²) in [5.41, 5.74) is 1.67. The Labute approximate surface area is 191 Å². The summed E-state index contributed by atoms with van der Waals surface area (Å²) in [6.07, 6.45) is -0.00341. The van der Waals surface area contributed by atoms with Crippen LogP contribution in [0.2, 0.25) is 0 Å². The van der Waals surface area contributed by atoms with Gasteiger partial charge >= 0.3 is 0 Å². The van der Waals surface area contributed by atoms with Gasteiger partial charge in [-0.3, -0.25) is 9.59 Å². The van der Waals surface area contributed by atoms with Crippen molar-refractivity contribution in [2.45, 2.75) is 20.0 Å². The largest absolute Gasteiger partial charge is 0.497 e. The lowest BCUT2D eigenvalue weighted by molar-refractivity contribution is -0.120. The van der Waals surface area contributed by atoms with Gasteiger partial charge in [0.25, 0.3) is 11.8 Å². The molecular formula is C26H23FN2O4. The van der Waals surface area contributed by atoms with Gasteiger partial charge in [-0.1, -0.05) is 18.2 Å². The molecule has 2 amide bonds. The molecule has 0 spiro atoms. The molecule has 1 aliphatic rings. The van der Waals surface area contributed by atoms with E-state index in [1.807, 2.05) is 13.8 Å². The Morgan fingerprint density at radius 2 is 1.58 bits per heavy atom. The number of imide groups is 1. The first-order valence-corrected chi connectivity index (χ1v) is 10.4. The number of anilines is 2. The molecule has 0 fully saturated rings. The van der Waals surface area contributed by atoms with Crippen molar-refractivity contribution >= 4 is 28.8 Å². The van der Waals surface area contributed by atoms with E-state index < -0.39 is 17.6 Å². The molecular weight excluding hydrogens is 423 g/mol. The number of rotatable bonds is 7.